The van der Waals surface area contributed by atoms with Crippen molar-refractivity contribution in [3.63, 3.8) is 0 Å². The molecule has 5 atom stereocenters. The standard InChI is InChI=1S/C12H23NO5/c13-6-8-9(14)10(15)11(16)12(18-8)17-7-4-2-1-3-5-7/h7-12,14-16H,1-6,13H2/t8-,9-,10+,11-,12+/m1/s1. The number of nitrogens with two attached hydrogens (primary N) is 1. The van der Waals surface area contributed by atoms with Gasteiger partial charge in [-0.1, -0.05) is 19.3 Å². The quantitative estimate of drug-likeness (QED) is 0.525. The Hall–Kier alpha value is -0.240. The van der Waals surface area contributed by atoms with Crippen LogP contribution in [0.5, 0.6) is 0 Å². The van der Waals surface area contributed by atoms with Gasteiger partial charge in [-0.25, -0.2) is 0 Å². The van der Waals surface area contributed by atoms with Gasteiger partial charge in [-0.2, -0.15) is 0 Å². The Morgan fingerprint density at radius 2 is 1.67 bits per heavy atom. The maximum Gasteiger partial charge on any atom is 0.186 e. The van der Waals surface area contributed by atoms with Gasteiger partial charge in [0.25, 0.3) is 0 Å². The van der Waals surface area contributed by atoms with Gasteiger partial charge in [0, 0.05) is 6.54 Å². The molecule has 2 rings (SSSR count). The Bertz CT molecular complexity index is 257. The zero-order valence-electron chi connectivity index (χ0n) is 10.4. The predicted molar refractivity (Wildman–Crippen MR) is 63.7 cm³/mol. The fourth-order valence-electron chi connectivity index (χ4n) is 2.61. The molecule has 1 aliphatic heterocycles. The lowest BCUT2D eigenvalue weighted by Gasteiger charge is -2.41. The second kappa shape index (κ2) is 6.27. The Labute approximate surface area is 107 Å². The Morgan fingerprint density at radius 3 is 2.28 bits per heavy atom. The summed E-state index contributed by atoms with van der Waals surface area (Å²) in [5.74, 6) is 0. The third-order valence-electron chi connectivity index (χ3n) is 3.78. The Kier molecular flexibility index (Phi) is 4.94. The minimum absolute atomic E-state index is 0.0549. The van der Waals surface area contributed by atoms with Crippen LogP contribution in [-0.4, -0.2) is 58.7 Å². The Morgan fingerprint density at radius 1 is 1.00 bits per heavy atom. The van der Waals surface area contributed by atoms with E-state index in [0.29, 0.717) is 0 Å². The normalized spacial score (nSPS) is 43.0. The molecule has 2 fully saturated rings. The first kappa shape index (κ1) is 14.2. The molecule has 1 aliphatic carbocycles. The maximum atomic E-state index is 9.85. The number of aliphatic hydroxyl groups is 3. The Balaban J connectivity index is 1.93. The summed E-state index contributed by atoms with van der Waals surface area (Å²) in [6.07, 6.45) is 0.0912. The van der Waals surface area contributed by atoms with E-state index in [4.69, 9.17) is 15.2 Å². The second-order valence-corrected chi connectivity index (χ2v) is 5.15. The van der Waals surface area contributed by atoms with Gasteiger partial charge in [-0.05, 0) is 12.8 Å². The van der Waals surface area contributed by atoms with E-state index in [2.05, 4.69) is 0 Å². The molecule has 106 valence electrons. The number of aliphatic hydroxyl groups excluding tert-OH is 3. The largest absolute Gasteiger partial charge is 0.388 e. The van der Waals surface area contributed by atoms with Gasteiger partial charge in [-0.15, -0.1) is 0 Å². The molecule has 1 saturated carbocycles. The molecule has 1 saturated heterocycles. The summed E-state index contributed by atoms with van der Waals surface area (Å²) in [5, 5.41) is 29.2. The van der Waals surface area contributed by atoms with Crippen LogP contribution in [0, 0.1) is 0 Å². The summed E-state index contributed by atoms with van der Waals surface area (Å²) in [5.41, 5.74) is 5.46. The van der Waals surface area contributed by atoms with Crippen LogP contribution in [0.15, 0.2) is 0 Å². The van der Waals surface area contributed by atoms with Crippen molar-refractivity contribution in [2.24, 2.45) is 5.73 Å². The van der Waals surface area contributed by atoms with Crippen molar-refractivity contribution in [2.75, 3.05) is 6.54 Å². The summed E-state index contributed by atoms with van der Waals surface area (Å²) >= 11 is 0. The maximum absolute atomic E-state index is 9.85. The van der Waals surface area contributed by atoms with Crippen molar-refractivity contribution < 1.29 is 24.8 Å². The number of rotatable bonds is 3. The average Bonchev–Trinajstić information content (AvgIpc) is 2.40. The SMILES string of the molecule is NC[C@H]1O[C@H](OC2CCCCC2)[C@H](O)[C@@H](O)[C@@H]1O. The zero-order chi connectivity index (χ0) is 13.1. The van der Waals surface area contributed by atoms with Gasteiger partial charge in [0.1, 0.15) is 24.4 Å². The van der Waals surface area contributed by atoms with Gasteiger partial charge in [0.05, 0.1) is 6.10 Å². The second-order valence-electron chi connectivity index (χ2n) is 5.15. The number of hydrogen-bond acceptors (Lipinski definition) is 6. The smallest absolute Gasteiger partial charge is 0.186 e. The van der Waals surface area contributed by atoms with E-state index in [1.165, 1.54) is 6.42 Å². The summed E-state index contributed by atoms with van der Waals surface area (Å²) in [7, 11) is 0. The third-order valence-corrected chi connectivity index (χ3v) is 3.78. The van der Waals surface area contributed by atoms with Crippen LogP contribution in [-0.2, 0) is 9.47 Å². The molecule has 0 amide bonds. The monoisotopic (exact) mass is 261 g/mol. The molecule has 0 aromatic carbocycles. The van der Waals surface area contributed by atoms with E-state index >= 15 is 0 Å². The average molecular weight is 261 g/mol. The molecule has 6 heteroatoms. The van der Waals surface area contributed by atoms with Crippen LogP contribution < -0.4 is 5.73 Å². The number of hydrogen-bond donors (Lipinski definition) is 4. The lowest BCUT2D eigenvalue weighted by Crippen LogP contribution is -2.60. The molecule has 0 spiro atoms. The van der Waals surface area contributed by atoms with Gasteiger partial charge in [-0.3, -0.25) is 0 Å². The minimum atomic E-state index is -1.28. The van der Waals surface area contributed by atoms with Crippen LogP contribution in [0.25, 0.3) is 0 Å². The highest BCUT2D eigenvalue weighted by atomic mass is 16.7. The highest BCUT2D eigenvalue weighted by molar-refractivity contribution is 4.90. The van der Waals surface area contributed by atoms with Crippen molar-refractivity contribution in [3.05, 3.63) is 0 Å². The fourth-order valence-corrected chi connectivity index (χ4v) is 2.61. The first-order valence-electron chi connectivity index (χ1n) is 6.68. The first-order chi connectivity index (χ1) is 8.63. The topological polar surface area (TPSA) is 105 Å². The highest BCUT2D eigenvalue weighted by Crippen LogP contribution is 2.27. The van der Waals surface area contributed by atoms with Crippen LogP contribution in [0.2, 0.25) is 0 Å². The van der Waals surface area contributed by atoms with Crippen molar-refractivity contribution in [1.29, 1.82) is 0 Å². The summed E-state index contributed by atoms with van der Waals surface area (Å²) in [4.78, 5) is 0. The molecule has 1 heterocycles. The minimum Gasteiger partial charge on any atom is -0.388 e. The van der Waals surface area contributed by atoms with Crippen LogP contribution in [0.4, 0.5) is 0 Å². The zero-order valence-corrected chi connectivity index (χ0v) is 10.4. The van der Waals surface area contributed by atoms with Crippen molar-refractivity contribution in [2.45, 2.75) is 68.9 Å². The molecule has 6 nitrogen and oxygen atoms in total. The molecule has 0 aromatic rings. The summed E-state index contributed by atoms with van der Waals surface area (Å²) < 4.78 is 11.1. The van der Waals surface area contributed by atoms with E-state index in [-0.39, 0.29) is 12.6 Å². The fraction of sp³-hybridized carbons (Fsp3) is 1.00. The van der Waals surface area contributed by atoms with E-state index in [9.17, 15) is 15.3 Å². The van der Waals surface area contributed by atoms with Crippen LogP contribution in [0.1, 0.15) is 32.1 Å². The predicted octanol–water partition coefficient (Wildman–Crippen LogP) is -0.898. The van der Waals surface area contributed by atoms with Gasteiger partial charge < -0.3 is 30.5 Å². The molecule has 0 unspecified atom stereocenters. The highest BCUT2D eigenvalue weighted by Gasteiger charge is 2.44. The van der Waals surface area contributed by atoms with E-state index < -0.39 is 30.7 Å². The molecule has 18 heavy (non-hydrogen) atoms. The lowest BCUT2D eigenvalue weighted by atomic mass is 9.96. The molecule has 5 N–H and O–H groups in total. The van der Waals surface area contributed by atoms with E-state index in [1.54, 1.807) is 0 Å². The lowest BCUT2D eigenvalue weighted by molar-refractivity contribution is -0.307. The van der Waals surface area contributed by atoms with E-state index in [0.717, 1.165) is 25.7 Å². The van der Waals surface area contributed by atoms with Crippen LogP contribution >= 0.6 is 0 Å². The molecular formula is C12H23NO5. The molecular weight excluding hydrogens is 238 g/mol. The summed E-state index contributed by atoms with van der Waals surface area (Å²) in [6, 6.07) is 0. The van der Waals surface area contributed by atoms with Crippen molar-refractivity contribution in [1.82, 2.24) is 0 Å². The van der Waals surface area contributed by atoms with Crippen LogP contribution in [0.3, 0.4) is 0 Å². The number of ether oxygens (including phenoxy) is 2. The third kappa shape index (κ3) is 3.01. The molecule has 0 bridgehead atoms. The van der Waals surface area contributed by atoms with Gasteiger partial charge in [0.2, 0.25) is 0 Å². The van der Waals surface area contributed by atoms with Crippen molar-refractivity contribution in [3.8, 4) is 0 Å². The van der Waals surface area contributed by atoms with Gasteiger partial charge in [0.15, 0.2) is 6.29 Å². The summed E-state index contributed by atoms with van der Waals surface area (Å²) in [6.45, 7) is 0.0788. The van der Waals surface area contributed by atoms with Crippen molar-refractivity contribution >= 4 is 0 Å². The molecule has 0 radical (unpaired) electrons. The van der Waals surface area contributed by atoms with Gasteiger partial charge >= 0.3 is 0 Å². The molecule has 0 aromatic heterocycles. The molecule has 2 aliphatic rings. The first-order valence-corrected chi connectivity index (χ1v) is 6.68. The van der Waals surface area contributed by atoms with E-state index in [1.807, 2.05) is 0 Å².